The normalized spacial score (nSPS) is 17.1. The van der Waals surface area contributed by atoms with E-state index < -0.39 is 5.97 Å². The Morgan fingerprint density at radius 2 is 1.79 bits per heavy atom. The highest BCUT2D eigenvalue weighted by atomic mass is 16.5. The molecular formula is C30H29N3O5. The number of aliphatic hydroxyl groups is 1. The number of hydrogen-bond acceptors (Lipinski definition) is 6. The monoisotopic (exact) mass is 511 g/mol. The predicted octanol–water partition coefficient (Wildman–Crippen LogP) is 4.81. The van der Waals surface area contributed by atoms with Crippen molar-refractivity contribution in [3.8, 4) is 22.9 Å². The van der Waals surface area contributed by atoms with Crippen LogP contribution in [-0.2, 0) is 16.1 Å². The molecule has 1 saturated carbocycles. The van der Waals surface area contributed by atoms with Gasteiger partial charge in [0.25, 0.3) is 0 Å². The second-order valence-corrected chi connectivity index (χ2v) is 9.27. The van der Waals surface area contributed by atoms with Crippen LogP contribution < -0.4 is 9.64 Å². The van der Waals surface area contributed by atoms with E-state index in [1.54, 1.807) is 35.4 Å². The zero-order valence-corrected chi connectivity index (χ0v) is 21.1. The summed E-state index contributed by atoms with van der Waals surface area (Å²) in [6.07, 6.45) is 6.07. The summed E-state index contributed by atoms with van der Waals surface area (Å²) in [5, 5.41) is 28.3. The summed E-state index contributed by atoms with van der Waals surface area (Å²) in [6.45, 7) is 0.281. The van der Waals surface area contributed by atoms with Crippen LogP contribution in [-0.4, -0.2) is 40.3 Å². The maximum Gasteiger partial charge on any atom is 0.328 e. The smallest absolute Gasteiger partial charge is 0.328 e. The lowest BCUT2D eigenvalue weighted by Gasteiger charge is -2.30. The summed E-state index contributed by atoms with van der Waals surface area (Å²) in [7, 11) is 1.53. The maximum atomic E-state index is 13.7. The molecule has 2 aromatic carbocycles. The van der Waals surface area contributed by atoms with Crippen molar-refractivity contribution in [1.82, 2.24) is 4.98 Å². The molecule has 1 fully saturated rings. The van der Waals surface area contributed by atoms with Crippen LogP contribution in [0.2, 0.25) is 0 Å². The van der Waals surface area contributed by atoms with Crippen molar-refractivity contribution in [2.45, 2.75) is 38.3 Å². The summed E-state index contributed by atoms with van der Waals surface area (Å²) in [5.41, 5.74) is 3.76. The molecule has 194 valence electrons. The molecule has 0 radical (unpaired) electrons. The number of methoxy groups -OCH3 is 1. The number of carboxylic acids is 1. The van der Waals surface area contributed by atoms with Crippen molar-refractivity contribution in [3.63, 3.8) is 0 Å². The number of nitrogens with zero attached hydrogens (tertiary/aromatic N) is 3. The standard InChI is InChI=1S/C30H29N3O5/c1-38-27-12-9-24(17-25(27)18-31)22-5-2-21(3-6-22)19-33(30(37)23-7-10-26(34)11-8-23)28-16-20(14-15-32-28)4-13-29(35)36/h2-6,9,12-17,23,26,34H,7-8,10-11,19H2,1H3,(H,35,36). The van der Waals surface area contributed by atoms with Gasteiger partial charge in [0, 0.05) is 18.2 Å². The van der Waals surface area contributed by atoms with Crippen molar-refractivity contribution < 1.29 is 24.5 Å². The minimum absolute atomic E-state index is 0.0679. The quantitative estimate of drug-likeness (QED) is 0.416. The fraction of sp³-hybridized carbons (Fsp3) is 0.267. The molecule has 38 heavy (non-hydrogen) atoms. The number of carbonyl (C=O) groups excluding carboxylic acids is 1. The molecule has 1 heterocycles. The van der Waals surface area contributed by atoms with Crippen LogP contribution in [0.25, 0.3) is 17.2 Å². The molecule has 1 aliphatic carbocycles. The molecule has 8 nitrogen and oxygen atoms in total. The van der Waals surface area contributed by atoms with E-state index in [2.05, 4.69) is 11.1 Å². The molecule has 1 aliphatic rings. The summed E-state index contributed by atoms with van der Waals surface area (Å²) < 4.78 is 5.23. The maximum absolute atomic E-state index is 13.7. The van der Waals surface area contributed by atoms with Gasteiger partial charge in [-0.1, -0.05) is 30.3 Å². The number of hydrogen-bond donors (Lipinski definition) is 2. The SMILES string of the molecule is COc1ccc(-c2ccc(CN(C(=O)C3CCC(O)CC3)c3cc(C=CC(=O)O)ccn3)cc2)cc1C#N. The third kappa shape index (κ3) is 6.44. The topological polar surface area (TPSA) is 124 Å². The Morgan fingerprint density at radius 3 is 2.45 bits per heavy atom. The predicted molar refractivity (Wildman–Crippen MR) is 143 cm³/mol. The fourth-order valence-corrected chi connectivity index (χ4v) is 4.63. The number of carboxylic acid groups (broad SMARTS) is 1. The summed E-state index contributed by atoms with van der Waals surface area (Å²) in [5.74, 6) is -0.393. The first kappa shape index (κ1) is 26.6. The fourth-order valence-electron chi connectivity index (χ4n) is 4.63. The van der Waals surface area contributed by atoms with E-state index in [1.807, 2.05) is 30.3 Å². The highest BCUT2D eigenvalue weighted by Gasteiger charge is 2.30. The Balaban J connectivity index is 1.61. The number of aliphatic carboxylic acids is 1. The molecule has 2 N–H and O–H groups in total. The molecule has 8 heteroatoms. The zero-order valence-electron chi connectivity index (χ0n) is 21.1. The molecule has 0 aliphatic heterocycles. The number of anilines is 1. The van der Waals surface area contributed by atoms with Crippen molar-refractivity contribution in [2.75, 3.05) is 12.0 Å². The van der Waals surface area contributed by atoms with Gasteiger partial charge in [-0.3, -0.25) is 9.69 Å². The number of benzene rings is 2. The van der Waals surface area contributed by atoms with Gasteiger partial charge in [-0.15, -0.1) is 0 Å². The van der Waals surface area contributed by atoms with Crippen molar-refractivity contribution in [1.29, 1.82) is 5.26 Å². The van der Waals surface area contributed by atoms with Gasteiger partial charge >= 0.3 is 5.97 Å². The Bertz CT molecular complexity index is 1370. The molecule has 4 rings (SSSR count). The van der Waals surface area contributed by atoms with E-state index in [4.69, 9.17) is 9.84 Å². The van der Waals surface area contributed by atoms with Gasteiger partial charge in [0.15, 0.2) is 0 Å². The van der Waals surface area contributed by atoms with Crippen molar-refractivity contribution >= 4 is 23.8 Å². The van der Waals surface area contributed by atoms with Crippen LogP contribution in [0.15, 0.2) is 66.9 Å². The van der Waals surface area contributed by atoms with Gasteiger partial charge in [-0.2, -0.15) is 5.26 Å². The van der Waals surface area contributed by atoms with Crippen LogP contribution in [0.1, 0.15) is 42.4 Å². The van der Waals surface area contributed by atoms with E-state index in [-0.39, 0.29) is 24.5 Å². The lowest BCUT2D eigenvalue weighted by Crippen LogP contribution is -2.38. The van der Waals surface area contributed by atoms with E-state index in [0.29, 0.717) is 48.4 Å². The Hall–Kier alpha value is -4.48. The Kier molecular flexibility index (Phi) is 8.51. The number of nitriles is 1. The molecule has 0 bridgehead atoms. The number of amides is 1. The van der Waals surface area contributed by atoms with Gasteiger partial charge in [0.1, 0.15) is 17.6 Å². The highest BCUT2D eigenvalue weighted by molar-refractivity contribution is 5.94. The number of pyridine rings is 1. The molecule has 0 unspecified atom stereocenters. The van der Waals surface area contributed by atoms with Crippen LogP contribution in [0.5, 0.6) is 5.75 Å². The average Bonchev–Trinajstić information content (AvgIpc) is 2.95. The van der Waals surface area contributed by atoms with Gasteiger partial charge in [0.2, 0.25) is 5.91 Å². The first-order chi connectivity index (χ1) is 18.4. The highest BCUT2D eigenvalue weighted by Crippen LogP contribution is 2.30. The van der Waals surface area contributed by atoms with Crippen LogP contribution in [0.4, 0.5) is 5.82 Å². The van der Waals surface area contributed by atoms with Crippen molar-refractivity contribution in [2.24, 2.45) is 5.92 Å². The summed E-state index contributed by atoms with van der Waals surface area (Å²) in [6, 6.07) is 18.7. The van der Waals surface area contributed by atoms with E-state index in [1.165, 1.54) is 13.2 Å². The number of ether oxygens (including phenoxy) is 1. The third-order valence-corrected chi connectivity index (χ3v) is 6.72. The van der Waals surface area contributed by atoms with Crippen molar-refractivity contribution in [3.05, 3.63) is 83.6 Å². The minimum atomic E-state index is -1.06. The first-order valence-corrected chi connectivity index (χ1v) is 12.4. The zero-order chi connectivity index (χ0) is 27.1. The first-order valence-electron chi connectivity index (χ1n) is 12.4. The second kappa shape index (κ2) is 12.2. The van der Waals surface area contributed by atoms with Gasteiger partial charge in [0.05, 0.1) is 25.3 Å². The Morgan fingerprint density at radius 1 is 1.08 bits per heavy atom. The lowest BCUT2D eigenvalue weighted by molar-refractivity contribution is -0.131. The number of carbonyl (C=O) groups is 2. The van der Waals surface area contributed by atoms with E-state index >= 15 is 0 Å². The Labute approximate surface area is 221 Å². The molecule has 0 atom stereocenters. The number of aromatic nitrogens is 1. The number of rotatable bonds is 8. The molecule has 3 aromatic rings. The van der Waals surface area contributed by atoms with Gasteiger partial charge < -0.3 is 14.9 Å². The molecule has 1 amide bonds. The van der Waals surface area contributed by atoms with E-state index in [9.17, 15) is 20.0 Å². The third-order valence-electron chi connectivity index (χ3n) is 6.72. The molecule has 1 aromatic heterocycles. The average molecular weight is 512 g/mol. The minimum Gasteiger partial charge on any atom is -0.495 e. The number of aliphatic hydroxyl groups excluding tert-OH is 1. The van der Waals surface area contributed by atoms with Crippen LogP contribution in [0.3, 0.4) is 0 Å². The summed E-state index contributed by atoms with van der Waals surface area (Å²) in [4.78, 5) is 30.7. The van der Waals surface area contributed by atoms with Gasteiger partial charge in [-0.05, 0) is 78.3 Å². The van der Waals surface area contributed by atoms with E-state index in [0.717, 1.165) is 22.8 Å². The molecule has 0 saturated heterocycles. The van der Waals surface area contributed by atoms with Gasteiger partial charge in [-0.25, -0.2) is 9.78 Å². The lowest BCUT2D eigenvalue weighted by atomic mass is 9.86. The van der Waals surface area contributed by atoms with Crippen LogP contribution in [0, 0.1) is 17.2 Å². The largest absolute Gasteiger partial charge is 0.495 e. The molecular weight excluding hydrogens is 482 g/mol. The van der Waals surface area contributed by atoms with Crippen LogP contribution >= 0.6 is 0 Å². The second-order valence-electron chi connectivity index (χ2n) is 9.27. The molecule has 0 spiro atoms. The summed E-state index contributed by atoms with van der Waals surface area (Å²) >= 11 is 0.